The Labute approximate surface area is 376 Å². The van der Waals surface area contributed by atoms with Crippen LogP contribution >= 0.6 is 0 Å². The van der Waals surface area contributed by atoms with E-state index in [9.17, 15) is 9.59 Å². The van der Waals surface area contributed by atoms with Crippen molar-refractivity contribution in [2.24, 2.45) is 5.92 Å². The number of rotatable bonds is 54. The van der Waals surface area contributed by atoms with Gasteiger partial charge in [-0.15, -0.1) is 6.58 Å². The van der Waals surface area contributed by atoms with Crippen molar-refractivity contribution in [2.75, 3.05) is 0 Å². The Hall–Kier alpha value is -1.32. The summed E-state index contributed by atoms with van der Waals surface area (Å²) in [5.74, 6) is -1.73. The SMILES string of the molecule is C=CC(CCCCCCCCCCCCCCCCCCCCCCCCCCCCCCCCCCCCCCCCCCCCCCCCCCCC(=O)O)C(=O)O. The van der Waals surface area contributed by atoms with Gasteiger partial charge < -0.3 is 10.2 Å². The molecule has 1 atom stereocenters. The third kappa shape index (κ3) is 51.0. The van der Waals surface area contributed by atoms with Gasteiger partial charge in [0.1, 0.15) is 0 Å². The molecule has 0 spiro atoms. The molecule has 0 aliphatic heterocycles. The third-order valence-electron chi connectivity index (χ3n) is 13.5. The average molecular weight is 845 g/mol. The van der Waals surface area contributed by atoms with Gasteiger partial charge in [0.15, 0.2) is 0 Å². The highest BCUT2D eigenvalue weighted by atomic mass is 16.4. The van der Waals surface area contributed by atoms with Crippen LogP contribution in [0, 0.1) is 5.92 Å². The first-order chi connectivity index (χ1) is 29.6. The fourth-order valence-corrected chi connectivity index (χ4v) is 9.29. The monoisotopic (exact) mass is 845 g/mol. The van der Waals surface area contributed by atoms with Crippen molar-refractivity contribution >= 4 is 11.9 Å². The Morgan fingerprint density at radius 3 is 0.567 bits per heavy atom. The molecule has 4 heteroatoms. The van der Waals surface area contributed by atoms with Crippen LogP contribution in [0.25, 0.3) is 0 Å². The smallest absolute Gasteiger partial charge is 0.310 e. The van der Waals surface area contributed by atoms with Crippen LogP contribution in [0.4, 0.5) is 0 Å². The highest BCUT2D eigenvalue weighted by molar-refractivity contribution is 5.71. The van der Waals surface area contributed by atoms with Crippen LogP contribution in [-0.4, -0.2) is 22.2 Å². The number of hydrogen-bond donors (Lipinski definition) is 2. The molecule has 0 aromatic carbocycles. The number of unbranched alkanes of at least 4 members (excludes halogenated alkanes) is 48. The predicted molar refractivity (Wildman–Crippen MR) is 264 cm³/mol. The molecule has 0 aromatic heterocycles. The number of aliphatic carboxylic acids is 2. The molecule has 0 amide bonds. The summed E-state index contributed by atoms with van der Waals surface area (Å²) in [5.41, 5.74) is 0. The van der Waals surface area contributed by atoms with Gasteiger partial charge in [-0.1, -0.05) is 314 Å². The van der Waals surface area contributed by atoms with E-state index in [2.05, 4.69) is 6.58 Å². The molecule has 2 N–H and O–H groups in total. The van der Waals surface area contributed by atoms with Gasteiger partial charge in [0.2, 0.25) is 0 Å². The van der Waals surface area contributed by atoms with Crippen LogP contribution in [-0.2, 0) is 9.59 Å². The molecular weight excluding hydrogens is 737 g/mol. The Balaban J connectivity index is 3.09. The first-order valence-corrected chi connectivity index (χ1v) is 27.6. The molecule has 4 nitrogen and oxygen atoms in total. The van der Waals surface area contributed by atoms with Crippen molar-refractivity contribution in [2.45, 2.75) is 327 Å². The van der Waals surface area contributed by atoms with Gasteiger partial charge in [-0.05, 0) is 12.8 Å². The van der Waals surface area contributed by atoms with Crippen LogP contribution in [0.5, 0.6) is 0 Å². The van der Waals surface area contributed by atoms with Gasteiger partial charge in [0, 0.05) is 6.42 Å². The molecule has 0 aliphatic carbocycles. The van der Waals surface area contributed by atoms with Crippen LogP contribution in [0.3, 0.4) is 0 Å². The van der Waals surface area contributed by atoms with E-state index in [1.807, 2.05) is 0 Å². The Kier molecular flexibility index (Phi) is 50.9. The van der Waals surface area contributed by atoms with Crippen LogP contribution < -0.4 is 0 Å². The summed E-state index contributed by atoms with van der Waals surface area (Å²) < 4.78 is 0. The summed E-state index contributed by atoms with van der Waals surface area (Å²) in [4.78, 5) is 21.5. The maximum absolute atomic E-state index is 11.0. The Morgan fingerprint density at radius 1 is 0.283 bits per heavy atom. The van der Waals surface area contributed by atoms with Gasteiger partial charge >= 0.3 is 11.9 Å². The predicted octanol–water partition coefficient (Wildman–Crippen LogP) is 19.9. The van der Waals surface area contributed by atoms with E-state index in [-0.39, 0.29) is 5.92 Å². The summed E-state index contributed by atoms with van der Waals surface area (Å²) in [6.07, 6.45) is 71.0. The minimum Gasteiger partial charge on any atom is -0.481 e. The summed E-state index contributed by atoms with van der Waals surface area (Å²) in [6.45, 7) is 3.63. The molecule has 60 heavy (non-hydrogen) atoms. The molecule has 1 unspecified atom stereocenters. The quantitative estimate of drug-likeness (QED) is 0.0472. The van der Waals surface area contributed by atoms with Crippen LogP contribution in [0.1, 0.15) is 327 Å². The lowest BCUT2D eigenvalue weighted by atomic mass is 10.00. The second kappa shape index (κ2) is 52.0. The van der Waals surface area contributed by atoms with Crippen molar-refractivity contribution in [1.29, 1.82) is 0 Å². The summed E-state index contributed by atoms with van der Waals surface area (Å²) in [6, 6.07) is 0. The van der Waals surface area contributed by atoms with E-state index < -0.39 is 11.9 Å². The maximum atomic E-state index is 11.0. The molecule has 0 radical (unpaired) electrons. The highest BCUT2D eigenvalue weighted by Gasteiger charge is 2.11. The zero-order valence-electron chi connectivity index (χ0n) is 40.6. The fourth-order valence-electron chi connectivity index (χ4n) is 9.29. The van der Waals surface area contributed by atoms with Crippen molar-refractivity contribution in [3.05, 3.63) is 12.7 Å². The van der Waals surface area contributed by atoms with Crippen LogP contribution in [0.2, 0.25) is 0 Å². The lowest BCUT2D eigenvalue weighted by Gasteiger charge is -2.06. The molecule has 0 aromatic rings. The molecule has 0 saturated heterocycles. The van der Waals surface area contributed by atoms with Crippen molar-refractivity contribution < 1.29 is 19.8 Å². The molecule has 0 bridgehead atoms. The minimum atomic E-state index is -0.728. The summed E-state index contributed by atoms with van der Waals surface area (Å²) >= 11 is 0. The van der Waals surface area contributed by atoms with Gasteiger partial charge in [0.25, 0.3) is 0 Å². The van der Waals surface area contributed by atoms with Gasteiger partial charge in [-0.2, -0.15) is 0 Å². The summed E-state index contributed by atoms with van der Waals surface area (Å²) in [7, 11) is 0. The summed E-state index contributed by atoms with van der Waals surface area (Å²) in [5, 5.41) is 17.7. The van der Waals surface area contributed by atoms with E-state index in [0.29, 0.717) is 6.42 Å². The standard InChI is InChI=1S/C56H108O4/c1-2-54(56(59)60)52-50-48-46-44-42-40-38-36-34-32-30-28-26-24-22-20-18-16-14-12-10-8-6-4-3-5-7-9-11-13-15-17-19-21-23-25-27-29-31-33-35-37-39-41-43-45-47-49-51-53-55(57)58/h2,54H,1,3-53H2,(H,57,58)(H,59,60). The molecule has 0 fully saturated rings. The number of carbonyl (C=O) groups is 2. The van der Waals surface area contributed by atoms with E-state index >= 15 is 0 Å². The van der Waals surface area contributed by atoms with E-state index in [1.54, 1.807) is 6.08 Å². The first-order valence-electron chi connectivity index (χ1n) is 27.6. The zero-order chi connectivity index (χ0) is 43.5. The van der Waals surface area contributed by atoms with Crippen LogP contribution in [0.15, 0.2) is 12.7 Å². The van der Waals surface area contributed by atoms with Gasteiger partial charge in [-0.3, -0.25) is 9.59 Å². The number of hydrogen-bond acceptors (Lipinski definition) is 2. The number of carboxylic acids is 2. The van der Waals surface area contributed by atoms with E-state index in [1.165, 1.54) is 289 Å². The first kappa shape index (κ1) is 58.7. The molecule has 356 valence electrons. The van der Waals surface area contributed by atoms with Crippen molar-refractivity contribution in [3.8, 4) is 0 Å². The van der Waals surface area contributed by atoms with Gasteiger partial charge in [-0.25, -0.2) is 0 Å². The Morgan fingerprint density at radius 2 is 0.433 bits per heavy atom. The van der Waals surface area contributed by atoms with Gasteiger partial charge in [0.05, 0.1) is 5.92 Å². The maximum Gasteiger partial charge on any atom is 0.310 e. The Bertz CT molecular complexity index is 854. The molecule has 0 heterocycles. The lowest BCUT2D eigenvalue weighted by molar-refractivity contribution is -0.140. The normalized spacial score (nSPS) is 12.0. The van der Waals surface area contributed by atoms with Crippen molar-refractivity contribution in [1.82, 2.24) is 0 Å². The molecule has 0 saturated carbocycles. The molecule has 0 rings (SSSR count). The fraction of sp³-hybridized carbons (Fsp3) is 0.929. The topological polar surface area (TPSA) is 74.6 Å². The average Bonchev–Trinajstić information content (AvgIpc) is 3.24. The van der Waals surface area contributed by atoms with Crippen molar-refractivity contribution in [3.63, 3.8) is 0 Å². The second-order valence-corrected chi connectivity index (χ2v) is 19.4. The minimum absolute atomic E-state index is 0.343. The highest BCUT2D eigenvalue weighted by Crippen LogP contribution is 2.19. The zero-order valence-corrected chi connectivity index (χ0v) is 40.6. The van der Waals surface area contributed by atoms with E-state index in [0.717, 1.165) is 32.1 Å². The lowest BCUT2D eigenvalue weighted by Crippen LogP contribution is -2.10. The largest absolute Gasteiger partial charge is 0.481 e. The molecule has 0 aliphatic rings. The third-order valence-corrected chi connectivity index (χ3v) is 13.5. The molecular formula is C56H108O4. The number of carboxylic acid groups (broad SMARTS) is 2. The second-order valence-electron chi connectivity index (χ2n) is 19.4. The van der Waals surface area contributed by atoms with E-state index in [4.69, 9.17) is 10.2 Å².